The van der Waals surface area contributed by atoms with Crippen LogP contribution in [0.4, 0.5) is 18.9 Å². The third kappa shape index (κ3) is 4.44. The number of carbonyl (C=O) groups excluding carboxylic acids is 2. The van der Waals surface area contributed by atoms with E-state index >= 15 is 0 Å². The van der Waals surface area contributed by atoms with Crippen LogP contribution in [0.1, 0.15) is 27.5 Å². The Kier molecular flexibility index (Phi) is 5.63. The lowest BCUT2D eigenvalue weighted by Gasteiger charge is -2.10. The summed E-state index contributed by atoms with van der Waals surface area (Å²) in [6.07, 6.45) is -3.27. The van der Waals surface area contributed by atoms with Crippen LogP contribution in [0.3, 0.4) is 0 Å². The van der Waals surface area contributed by atoms with Crippen LogP contribution in [0.25, 0.3) is 10.2 Å². The Bertz CT molecular complexity index is 1260. The lowest BCUT2D eigenvalue weighted by atomic mass is 10.2. The largest absolute Gasteiger partial charge is 0.573 e. The van der Waals surface area contributed by atoms with Crippen LogP contribution in [0.2, 0.25) is 0 Å². The van der Waals surface area contributed by atoms with E-state index < -0.39 is 30.6 Å². The Labute approximate surface area is 182 Å². The van der Waals surface area contributed by atoms with E-state index in [1.165, 1.54) is 12.1 Å². The Morgan fingerprint density at radius 3 is 2.66 bits per heavy atom. The molecule has 0 radical (unpaired) electrons. The number of anilines is 1. The first-order chi connectivity index (χ1) is 15.1. The van der Waals surface area contributed by atoms with Crippen LogP contribution in [0, 0.1) is 6.92 Å². The summed E-state index contributed by atoms with van der Waals surface area (Å²) in [6, 6.07) is 4.52. The van der Waals surface area contributed by atoms with Gasteiger partial charge in [-0.05, 0) is 43.2 Å². The number of aryl methyl sites for hydroxylation is 2. The van der Waals surface area contributed by atoms with Gasteiger partial charge in [0.15, 0.2) is 6.61 Å². The molecule has 1 aliphatic rings. The number of esters is 1. The first-order valence-corrected chi connectivity index (χ1v) is 10.3. The molecule has 3 heterocycles. The monoisotopic (exact) mass is 467 g/mol. The van der Waals surface area contributed by atoms with Gasteiger partial charge >= 0.3 is 12.3 Å². The number of halogens is 3. The number of benzene rings is 1. The summed E-state index contributed by atoms with van der Waals surface area (Å²) in [5.41, 5.74) is 0.465. The lowest BCUT2D eigenvalue weighted by Crippen LogP contribution is -2.21. The number of alkyl halides is 3. The van der Waals surface area contributed by atoms with Gasteiger partial charge < -0.3 is 14.8 Å². The molecule has 12 heteroatoms. The fourth-order valence-corrected chi connectivity index (χ4v) is 4.49. The molecule has 0 bridgehead atoms. The summed E-state index contributed by atoms with van der Waals surface area (Å²) in [6.45, 7) is 1.61. The van der Waals surface area contributed by atoms with Gasteiger partial charge in [-0.25, -0.2) is 9.78 Å². The van der Waals surface area contributed by atoms with E-state index in [-0.39, 0.29) is 16.1 Å². The summed E-state index contributed by atoms with van der Waals surface area (Å²) in [4.78, 5) is 42.3. The van der Waals surface area contributed by atoms with E-state index in [2.05, 4.69) is 15.0 Å². The zero-order valence-electron chi connectivity index (χ0n) is 16.6. The zero-order valence-corrected chi connectivity index (χ0v) is 17.4. The lowest BCUT2D eigenvalue weighted by molar-refractivity contribution is -0.274. The number of ether oxygens (including phenoxy) is 2. The number of rotatable bonds is 5. The highest BCUT2D eigenvalue weighted by Crippen LogP contribution is 2.29. The molecular formula is C20H16F3N3O5S. The first kappa shape index (κ1) is 21.8. The quantitative estimate of drug-likeness (QED) is 0.578. The highest BCUT2D eigenvalue weighted by molar-refractivity contribution is 7.20. The Balaban J connectivity index is 1.40. The number of hydrogen-bond acceptors (Lipinski definition) is 7. The van der Waals surface area contributed by atoms with Crippen LogP contribution >= 0.6 is 11.3 Å². The topological polar surface area (TPSA) is 99.5 Å². The average Bonchev–Trinajstić information content (AvgIpc) is 3.32. The minimum absolute atomic E-state index is 0.189. The molecule has 2 aromatic heterocycles. The van der Waals surface area contributed by atoms with E-state index in [1.54, 1.807) is 11.5 Å². The van der Waals surface area contributed by atoms with Crippen molar-refractivity contribution in [3.63, 3.8) is 0 Å². The third-order valence-electron chi connectivity index (χ3n) is 4.80. The maximum absolute atomic E-state index is 12.7. The van der Waals surface area contributed by atoms with Crippen LogP contribution in [0.5, 0.6) is 5.75 Å². The smallest absolute Gasteiger partial charge is 0.451 e. The molecule has 0 saturated heterocycles. The standard InChI is InChI=1S/C20H16F3N3O5S/c1-10-15-17(25-13-3-2-8-26(13)18(15)28)32-16(10)19(29)30-9-14(27)24-11-4-6-12(7-5-11)31-20(21,22)23/h4-7H,2-3,8-9H2,1H3,(H,24,27). The van der Waals surface area contributed by atoms with Crippen molar-refractivity contribution in [2.75, 3.05) is 11.9 Å². The highest BCUT2D eigenvalue weighted by Gasteiger charge is 2.31. The molecule has 168 valence electrons. The minimum atomic E-state index is -4.81. The molecule has 0 atom stereocenters. The molecule has 0 saturated carbocycles. The summed E-state index contributed by atoms with van der Waals surface area (Å²) < 4.78 is 47.0. The van der Waals surface area contributed by atoms with Crippen molar-refractivity contribution < 1.29 is 32.2 Å². The molecule has 4 rings (SSSR count). The third-order valence-corrected chi connectivity index (χ3v) is 5.97. The van der Waals surface area contributed by atoms with Crippen LogP contribution in [-0.2, 0) is 22.5 Å². The Morgan fingerprint density at radius 2 is 1.97 bits per heavy atom. The van der Waals surface area contributed by atoms with Gasteiger partial charge in [0.1, 0.15) is 21.3 Å². The van der Waals surface area contributed by atoms with Crippen molar-refractivity contribution in [3.05, 3.63) is 50.9 Å². The van der Waals surface area contributed by atoms with E-state index in [1.807, 2.05) is 0 Å². The molecule has 1 amide bonds. The van der Waals surface area contributed by atoms with Crippen molar-refractivity contribution in [2.24, 2.45) is 0 Å². The molecule has 0 aliphatic carbocycles. The van der Waals surface area contributed by atoms with Crippen molar-refractivity contribution in [1.82, 2.24) is 9.55 Å². The van der Waals surface area contributed by atoms with E-state index in [4.69, 9.17) is 4.74 Å². The van der Waals surface area contributed by atoms with Crippen molar-refractivity contribution in [3.8, 4) is 5.75 Å². The van der Waals surface area contributed by atoms with Gasteiger partial charge in [0.05, 0.1) is 5.39 Å². The maximum atomic E-state index is 12.7. The molecule has 3 aromatic rings. The maximum Gasteiger partial charge on any atom is 0.573 e. The number of aromatic nitrogens is 2. The van der Waals surface area contributed by atoms with Crippen LogP contribution in [0.15, 0.2) is 29.1 Å². The van der Waals surface area contributed by atoms with Crippen LogP contribution < -0.4 is 15.6 Å². The molecule has 1 aromatic carbocycles. The van der Waals surface area contributed by atoms with E-state index in [0.29, 0.717) is 34.6 Å². The second-order valence-electron chi connectivity index (χ2n) is 7.02. The van der Waals surface area contributed by atoms with Gasteiger partial charge in [-0.2, -0.15) is 0 Å². The normalized spacial score (nSPS) is 13.1. The van der Waals surface area contributed by atoms with Crippen molar-refractivity contribution in [1.29, 1.82) is 0 Å². The Morgan fingerprint density at radius 1 is 1.25 bits per heavy atom. The number of fused-ring (bicyclic) bond motifs is 2. The van der Waals surface area contributed by atoms with E-state index in [9.17, 15) is 27.6 Å². The second kappa shape index (κ2) is 8.26. The molecule has 1 aliphatic heterocycles. The molecule has 0 fully saturated rings. The highest BCUT2D eigenvalue weighted by atomic mass is 32.1. The van der Waals surface area contributed by atoms with Crippen molar-refractivity contribution >= 4 is 39.1 Å². The second-order valence-corrected chi connectivity index (χ2v) is 8.02. The predicted octanol–water partition coefficient (Wildman–Crippen LogP) is 3.41. The first-order valence-electron chi connectivity index (χ1n) is 9.48. The van der Waals surface area contributed by atoms with Gasteiger partial charge in [0, 0.05) is 18.7 Å². The van der Waals surface area contributed by atoms with Gasteiger partial charge in [-0.15, -0.1) is 24.5 Å². The molecule has 1 N–H and O–H groups in total. The molecule has 8 nitrogen and oxygen atoms in total. The molecule has 0 spiro atoms. The van der Waals surface area contributed by atoms with Crippen LogP contribution in [-0.4, -0.2) is 34.4 Å². The van der Waals surface area contributed by atoms with E-state index in [0.717, 1.165) is 29.9 Å². The molecule has 0 unspecified atom stereocenters. The predicted molar refractivity (Wildman–Crippen MR) is 109 cm³/mol. The summed E-state index contributed by atoms with van der Waals surface area (Å²) in [5, 5.41) is 2.78. The summed E-state index contributed by atoms with van der Waals surface area (Å²) >= 11 is 1.04. The van der Waals surface area contributed by atoms with Gasteiger partial charge in [0.25, 0.3) is 11.5 Å². The van der Waals surface area contributed by atoms with Gasteiger partial charge in [-0.1, -0.05) is 0 Å². The molecular weight excluding hydrogens is 451 g/mol. The number of carbonyl (C=O) groups is 2. The summed E-state index contributed by atoms with van der Waals surface area (Å²) in [5.74, 6) is -1.19. The minimum Gasteiger partial charge on any atom is -0.451 e. The average molecular weight is 467 g/mol. The Hall–Kier alpha value is -3.41. The number of thiophene rings is 1. The fraction of sp³-hybridized carbons (Fsp3) is 0.300. The fourth-order valence-electron chi connectivity index (χ4n) is 3.40. The zero-order chi connectivity index (χ0) is 23.0. The SMILES string of the molecule is Cc1c(C(=O)OCC(=O)Nc2ccc(OC(F)(F)F)cc2)sc2nc3n(c(=O)c12)CCC3. The molecule has 32 heavy (non-hydrogen) atoms. The number of amides is 1. The number of hydrogen-bond donors (Lipinski definition) is 1. The number of nitrogens with zero attached hydrogens (tertiary/aromatic N) is 2. The number of nitrogens with one attached hydrogen (secondary N) is 1. The summed E-state index contributed by atoms with van der Waals surface area (Å²) in [7, 11) is 0. The van der Waals surface area contributed by atoms with Gasteiger partial charge in [0.2, 0.25) is 0 Å². The van der Waals surface area contributed by atoms with Gasteiger partial charge in [-0.3, -0.25) is 14.2 Å². The van der Waals surface area contributed by atoms with Crippen molar-refractivity contribution in [2.45, 2.75) is 32.7 Å².